The normalized spacial score (nSPS) is 15.4. The predicted octanol–water partition coefficient (Wildman–Crippen LogP) is 1.77. The second kappa shape index (κ2) is 5.26. The second-order valence-corrected chi connectivity index (χ2v) is 5.17. The Labute approximate surface area is 112 Å². The number of aldehydes is 1. The molecule has 0 spiro atoms. The fraction of sp³-hybridized carbons (Fsp3) is 0.333. The highest BCUT2D eigenvalue weighted by atomic mass is 16.1. The van der Waals surface area contributed by atoms with Gasteiger partial charge >= 0.3 is 0 Å². The van der Waals surface area contributed by atoms with Crippen molar-refractivity contribution in [2.24, 2.45) is 0 Å². The first-order chi connectivity index (χ1) is 9.04. The van der Waals surface area contributed by atoms with Crippen LogP contribution in [0.25, 0.3) is 0 Å². The number of allylic oxidation sites excluding steroid dienone is 1. The van der Waals surface area contributed by atoms with E-state index in [2.05, 4.69) is 17.2 Å². The molecule has 1 fully saturated rings. The van der Waals surface area contributed by atoms with Crippen LogP contribution in [0.2, 0.25) is 0 Å². The van der Waals surface area contributed by atoms with E-state index in [1.54, 1.807) is 6.07 Å². The third kappa shape index (κ3) is 3.44. The largest absolute Gasteiger partial charge is 0.379 e. The van der Waals surface area contributed by atoms with Gasteiger partial charge in [-0.25, -0.2) is 0 Å². The summed E-state index contributed by atoms with van der Waals surface area (Å²) >= 11 is 0. The Morgan fingerprint density at radius 2 is 2.11 bits per heavy atom. The zero-order chi connectivity index (χ0) is 13.9. The Kier molecular flexibility index (Phi) is 3.69. The lowest BCUT2D eigenvalue weighted by Gasteiger charge is -2.14. The lowest BCUT2D eigenvalue weighted by molar-refractivity contribution is -0.105. The van der Waals surface area contributed by atoms with Gasteiger partial charge in [0.1, 0.15) is 0 Å². The fourth-order valence-electron chi connectivity index (χ4n) is 1.80. The molecule has 1 aromatic carbocycles. The third-order valence-electron chi connectivity index (χ3n) is 3.33. The molecule has 0 radical (unpaired) electrons. The highest BCUT2D eigenvalue weighted by molar-refractivity contribution is 5.96. The Morgan fingerprint density at radius 1 is 1.42 bits per heavy atom. The number of hydrogen-bond acceptors (Lipinski definition) is 3. The third-order valence-corrected chi connectivity index (χ3v) is 3.33. The molecule has 0 saturated heterocycles. The quantitative estimate of drug-likeness (QED) is 0.604. The molecule has 4 nitrogen and oxygen atoms in total. The predicted molar refractivity (Wildman–Crippen MR) is 73.6 cm³/mol. The van der Waals surface area contributed by atoms with Crippen molar-refractivity contribution in [3.8, 4) is 0 Å². The van der Waals surface area contributed by atoms with E-state index in [-0.39, 0.29) is 11.4 Å². The van der Waals surface area contributed by atoms with E-state index in [9.17, 15) is 9.59 Å². The molecule has 1 aromatic rings. The zero-order valence-electron chi connectivity index (χ0n) is 11.0. The SMILES string of the molecule is C=C(C=O)NCc1ccccc1C(=O)NC1(C)CC1. The number of hydrogen-bond donors (Lipinski definition) is 2. The van der Waals surface area contributed by atoms with Crippen molar-refractivity contribution in [2.75, 3.05) is 0 Å². The molecular weight excluding hydrogens is 240 g/mol. The van der Waals surface area contributed by atoms with Gasteiger partial charge in [0, 0.05) is 17.6 Å². The second-order valence-electron chi connectivity index (χ2n) is 5.17. The molecule has 0 aliphatic heterocycles. The van der Waals surface area contributed by atoms with Gasteiger partial charge in [0.15, 0.2) is 6.29 Å². The summed E-state index contributed by atoms with van der Waals surface area (Å²) in [7, 11) is 0. The van der Waals surface area contributed by atoms with E-state index < -0.39 is 0 Å². The maximum Gasteiger partial charge on any atom is 0.252 e. The number of nitrogens with one attached hydrogen (secondary N) is 2. The molecule has 19 heavy (non-hydrogen) atoms. The molecule has 0 unspecified atom stereocenters. The van der Waals surface area contributed by atoms with Crippen LogP contribution in [0, 0.1) is 0 Å². The Morgan fingerprint density at radius 3 is 2.74 bits per heavy atom. The van der Waals surface area contributed by atoms with Gasteiger partial charge in [-0.3, -0.25) is 9.59 Å². The molecule has 0 atom stereocenters. The van der Waals surface area contributed by atoms with E-state index in [1.165, 1.54) is 0 Å². The first-order valence-corrected chi connectivity index (χ1v) is 6.32. The summed E-state index contributed by atoms with van der Waals surface area (Å²) in [5.41, 5.74) is 1.77. The van der Waals surface area contributed by atoms with Gasteiger partial charge in [-0.1, -0.05) is 24.8 Å². The highest BCUT2D eigenvalue weighted by Crippen LogP contribution is 2.34. The molecule has 1 amide bonds. The van der Waals surface area contributed by atoms with Crippen LogP contribution in [0.3, 0.4) is 0 Å². The Bertz CT molecular complexity index is 519. The summed E-state index contributed by atoms with van der Waals surface area (Å²) in [5, 5.41) is 5.91. The topological polar surface area (TPSA) is 58.2 Å². The number of rotatable bonds is 6. The van der Waals surface area contributed by atoms with Gasteiger partial charge in [0.2, 0.25) is 0 Å². The van der Waals surface area contributed by atoms with Crippen molar-refractivity contribution in [1.29, 1.82) is 0 Å². The first-order valence-electron chi connectivity index (χ1n) is 6.32. The summed E-state index contributed by atoms with van der Waals surface area (Å²) < 4.78 is 0. The van der Waals surface area contributed by atoms with Crippen molar-refractivity contribution in [3.05, 3.63) is 47.7 Å². The van der Waals surface area contributed by atoms with Crippen LogP contribution in [0.15, 0.2) is 36.5 Å². The van der Waals surface area contributed by atoms with Crippen LogP contribution < -0.4 is 10.6 Å². The van der Waals surface area contributed by atoms with E-state index in [1.807, 2.05) is 25.1 Å². The van der Waals surface area contributed by atoms with Gasteiger partial charge in [-0.15, -0.1) is 0 Å². The van der Waals surface area contributed by atoms with Crippen molar-refractivity contribution >= 4 is 12.2 Å². The zero-order valence-corrected chi connectivity index (χ0v) is 11.0. The maximum atomic E-state index is 12.2. The van der Waals surface area contributed by atoms with Gasteiger partial charge in [0.25, 0.3) is 5.91 Å². The van der Waals surface area contributed by atoms with Crippen molar-refractivity contribution in [1.82, 2.24) is 10.6 Å². The monoisotopic (exact) mass is 258 g/mol. The molecule has 1 aliphatic carbocycles. The van der Waals surface area contributed by atoms with E-state index in [0.717, 1.165) is 18.4 Å². The minimum absolute atomic E-state index is 0.0377. The number of carbonyl (C=O) groups excluding carboxylic acids is 2. The number of amides is 1. The van der Waals surface area contributed by atoms with Gasteiger partial charge in [-0.2, -0.15) is 0 Å². The lowest BCUT2D eigenvalue weighted by Crippen LogP contribution is -2.35. The van der Waals surface area contributed by atoms with Crippen LogP contribution in [0.1, 0.15) is 35.7 Å². The van der Waals surface area contributed by atoms with Crippen LogP contribution >= 0.6 is 0 Å². The number of benzene rings is 1. The molecule has 100 valence electrons. The van der Waals surface area contributed by atoms with Crippen molar-refractivity contribution in [3.63, 3.8) is 0 Å². The van der Waals surface area contributed by atoms with Crippen molar-refractivity contribution in [2.45, 2.75) is 31.8 Å². The molecular formula is C15H18N2O2. The molecule has 0 heterocycles. The lowest BCUT2D eigenvalue weighted by atomic mass is 10.1. The smallest absolute Gasteiger partial charge is 0.252 e. The molecule has 2 N–H and O–H groups in total. The Balaban J connectivity index is 2.08. The minimum atomic E-state index is -0.0610. The molecule has 1 saturated carbocycles. The van der Waals surface area contributed by atoms with Crippen molar-refractivity contribution < 1.29 is 9.59 Å². The molecule has 0 bridgehead atoms. The average molecular weight is 258 g/mol. The standard InChI is InChI=1S/C15H18N2O2/c1-11(10-18)16-9-12-5-3-4-6-13(12)14(19)17-15(2)7-8-15/h3-6,10,16H,1,7-9H2,2H3,(H,17,19). The van der Waals surface area contributed by atoms with E-state index in [4.69, 9.17) is 0 Å². The summed E-state index contributed by atoms with van der Waals surface area (Å²) in [5.74, 6) is -0.0610. The van der Waals surface area contributed by atoms with Gasteiger partial charge in [-0.05, 0) is 31.4 Å². The summed E-state index contributed by atoms with van der Waals surface area (Å²) in [6.45, 7) is 6.01. The molecule has 2 rings (SSSR count). The van der Waals surface area contributed by atoms with E-state index in [0.29, 0.717) is 24.1 Å². The number of carbonyl (C=O) groups is 2. The van der Waals surface area contributed by atoms with Gasteiger partial charge in [0.05, 0.1) is 5.70 Å². The fourth-order valence-corrected chi connectivity index (χ4v) is 1.80. The first kappa shape index (κ1) is 13.3. The molecule has 1 aliphatic rings. The summed E-state index contributed by atoms with van der Waals surface area (Å²) in [6, 6.07) is 7.37. The highest BCUT2D eigenvalue weighted by Gasteiger charge is 2.39. The van der Waals surface area contributed by atoms with E-state index >= 15 is 0 Å². The maximum absolute atomic E-state index is 12.2. The van der Waals surface area contributed by atoms with Crippen LogP contribution in [-0.4, -0.2) is 17.7 Å². The van der Waals surface area contributed by atoms with Crippen LogP contribution in [0.5, 0.6) is 0 Å². The van der Waals surface area contributed by atoms with Gasteiger partial charge < -0.3 is 10.6 Å². The minimum Gasteiger partial charge on any atom is -0.379 e. The molecule has 0 aromatic heterocycles. The Hall–Kier alpha value is -2.10. The summed E-state index contributed by atoms with van der Waals surface area (Å²) in [4.78, 5) is 22.7. The molecule has 4 heteroatoms. The van der Waals surface area contributed by atoms with Crippen LogP contribution in [-0.2, 0) is 11.3 Å². The summed E-state index contributed by atoms with van der Waals surface area (Å²) in [6.07, 6.45) is 2.72. The van der Waals surface area contributed by atoms with Crippen LogP contribution in [0.4, 0.5) is 0 Å². The average Bonchev–Trinajstić information content (AvgIpc) is 3.13.